The molecule has 11 heteroatoms. The minimum atomic E-state index is -4.85. The lowest BCUT2D eigenvalue weighted by Gasteiger charge is -2.12. The fourth-order valence-corrected chi connectivity index (χ4v) is 2.72. The zero-order valence-electron chi connectivity index (χ0n) is 16.1. The van der Waals surface area contributed by atoms with E-state index >= 15 is 0 Å². The van der Waals surface area contributed by atoms with E-state index in [0.717, 1.165) is 31.4 Å². The molecule has 0 saturated heterocycles. The first-order chi connectivity index (χ1) is 14.9. The monoisotopic (exact) mass is 457 g/mol. The van der Waals surface area contributed by atoms with Gasteiger partial charge in [-0.05, 0) is 60.7 Å². The fraction of sp³-hybridized carbons (Fsp3) is 0.143. The summed E-state index contributed by atoms with van der Waals surface area (Å²) in [5.41, 5.74) is 1.25. The standard InChI is InChI=1S/C21H13F6NO4/c1-30-19(29)14-10-17(12-2-6-15(7-3-12)31-20(22,23)24)28-18(11-14)13-4-8-16(9-5-13)32-21(25,26)27/h2-11H,1H3. The molecule has 0 saturated carbocycles. The molecule has 2 aromatic carbocycles. The third-order valence-corrected chi connectivity index (χ3v) is 4.01. The second-order valence-corrected chi connectivity index (χ2v) is 6.26. The SMILES string of the molecule is COC(=O)c1cc(-c2ccc(OC(F)(F)F)cc2)nc(-c2ccc(OC(F)(F)F)cc2)c1. The van der Waals surface area contributed by atoms with Gasteiger partial charge in [-0.3, -0.25) is 0 Å². The van der Waals surface area contributed by atoms with Crippen LogP contribution in [0.4, 0.5) is 26.3 Å². The van der Waals surface area contributed by atoms with Gasteiger partial charge in [-0.1, -0.05) is 0 Å². The molecule has 0 unspecified atom stereocenters. The van der Waals surface area contributed by atoms with Crippen molar-refractivity contribution in [3.8, 4) is 34.0 Å². The maximum atomic E-state index is 12.3. The summed E-state index contributed by atoms with van der Waals surface area (Å²) in [6.45, 7) is 0. The lowest BCUT2D eigenvalue weighted by molar-refractivity contribution is -0.275. The molecular formula is C21H13F6NO4. The zero-order chi connectivity index (χ0) is 23.5. The summed E-state index contributed by atoms with van der Waals surface area (Å²) in [5, 5.41) is 0. The average molecular weight is 457 g/mol. The number of methoxy groups -OCH3 is 1. The highest BCUT2D eigenvalue weighted by Gasteiger charge is 2.31. The molecule has 0 fully saturated rings. The third-order valence-electron chi connectivity index (χ3n) is 4.01. The molecule has 0 aliphatic carbocycles. The number of benzene rings is 2. The highest BCUT2D eigenvalue weighted by atomic mass is 19.4. The van der Waals surface area contributed by atoms with Crippen LogP contribution in [0.1, 0.15) is 10.4 Å². The number of hydrogen-bond donors (Lipinski definition) is 0. The van der Waals surface area contributed by atoms with E-state index < -0.39 is 30.2 Å². The van der Waals surface area contributed by atoms with Crippen molar-refractivity contribution in [3.05, 3.63) is 66.2 Å². The van der Waals surface area contributed by atoms with Crippen LogP contribution in [0.3, 0.4) is 0 Å². The van der Waals surface area contributed by atoms with Crippen LogP contribution in [0.2, 0.25) is 0 Å². The number of halogens is 6. The molecule has 0 aliphatic heterocycles. The van der Waals surface area contributed by atoms with Crippen LogP contribution in [0.15, 0.2) is 60.7 Å². The zero-order valence-corrected chi connectivity index (χ0v) is 16.1. The summed E-state index contributed by atoms with van der Waals surface area (Å²) in [7, 11) is 1.16. The first-order valence-corrected chi connectivity index (χ1v) is 8.76. The Morgan fingerprint density at radius 3 is 1.41 bits per heavy atom. The van der Waals surface area contributed by atoms with E-state index in [-0.39, 0.29) is 17.0 Å². The van der Waals surface area contributed by atoms with Crippen LogP contribution in [0, 0.1) is 0 Å². The van der Waals surface area contributed by atoms with Crippen LogP contribution >= 0.6 is 0 Å². The minimum Gasteiger partial charge on any atom is -0.465 e. The van der Waals surface area contributed by atoms with E-state index in [2.05, 4.69) is 14.5 Å². The van der Waals surface area contributed by atoms with Crippen molar-refractivity contribution in [2.24, 2.45) is 0 Å². The van der Waals surface area contributed by atoms with E-state index in [1.807, 2.05) is 0 Å². The molecule has 3 rings (SSSR count). The third kappa shape index (κ3) is 6.13. The van der Waals surface area contributed by atoms with E-state index in [1.54, 1.807) is 0 Å². The maximum Gasteiger partial charge on any atom is 0.573 e. The molecule has 1 aromatic heterocycles. The number of hydrogen-bond acceptors (Lipinski definition) is 5. The number of carbonyl (C=O) groups excluding carboxylic acids is 1. The number of pyridine rings is 1. The number of ether oxygens (including phenoxy) is 3. The van der Waals surface area contributed by atoms with Crippen LogP contribution in [0.25, 0.3) is 22.5 Å². The summed E-state index contributed by atoms with van der Waals surface area (Å²) >= 11 is 0. The lowest BCUT2D eigenvalue weighted by atomic mass is 10.0. The molecule has 1 heterocycles. The molecule has 0 bridgehead atoms. The summed E-state index contributed by atoms with van der Waals surface area (Å²) in [6.07, 6.45) is -9.69. The van der Waals surface area contributed by atoms with Crippen molar-refractivity contribution in [2.75, 3.05) is 7.11 Å². The molecule has 0 aliphatic rings. The van der Waals surface area contributed by atoms with Gasteiger partial charge < -0.3 is 14.2 Å². The van der Waals surface area contributed by atoms with Gasteiger partial charge in [-0.2, -0.15) is 0 Å². The second-order valence-electron chi connectivity index (χ2n) is 6.26. The fourth-order valence-electron chi connectivity index (χ4n) is 2.72. The van der Waals surface area contributed by atoms with Gasteiger partial charge in [0.05, 0.1) is 24.1 Å². The van der Waals surface area contributed by atoms with Crippen LogP contribution in [0.5, 0.6) is 11.5 Å². The quantitative estimate of drug-likeness (QED) is 0.348. The topological polar surface area (TPSA) is 57.7 Å². The number of nitrogens with zero attached hydrogens (tertiary/aromatic N) is 1. The van der Waals surface area contributed by atoms with Crippen molar-refractivity contribution in [1.82, 2.24) is 4.98 Å². The van der Waals surface area contributed by atoms with Crippen molar-refractivity contribution in [2.45, 2.75) is 12.7 Å². The molecule has 0 atom stereocenters. The van der Waals surface area contributed by atoms with Gasteiger partial charge >= 0.3 is 18.7 Å². The van der Waals surface area contributed by atoms with Gasteiger partial charge in [0.25, 0.3) is 0 Å². The van der Waals surface area contributed by atoms with Crippen molar-refractivity contribution in [3.63, 3.8) is 0 Å². The smallest absolute Gasteiger partial charge is 0.465 e. The van der Waals surface area contributed by atoms with Crippen molar-refractivity contribution < 1.29 is 45.3 Å². The van der Waals surface area contributed by atoms with Gasteiger partial charge in [0, 0.05) is 11.1 Å². The second kappa shape index (κ2) is 8.77. The maximum absolute atomic E-state index is 12.3. The summed E-state index contributed by atoms with van der Waals surface area (Å²) in [6, 6.07) is 12.3. The van der Waals surface area contributed by atoms with Crippen LogP contribution in [-0.4, -0.2) is 30.8 Å². The molecule has 0 N–H and O–H groups in total. The lowest BCUT2D eigenvalue weighted by Crippen LogP contribution is -2.16. The molecule has 168 valence electrons. The van der Waals surface area contributed by atoms with Crippen molar-refractivity contribution >= 4 is 5.97 Å². The number of esters is 1. The van der Waals surface area contributed by atoms with Gasteiger partial charge in [-0.15, -0.1) is 26.3 Å². The van der Waals surface area contributed by atoms with E-state index in [0.29, 0.717) is 11.1 Å². The largest absolute Gasteiger partial charge is 0.573 e. The molecule has 0 radical (unpaired) electrons. The first-order valence-electron chi connectivity index (χ1n) is 8.76. The number of alkyl halides is 6. The Morgan fingerprint density at radius 2 is 1.09 bits per heavy atom. The molecule has 0 spiro atoms. The predicted octanol–water partition coefficient (Wildman–Crippen LogP) is 6.00. The van der Waals surface area contributed by atoms with Gasteiger partial charge in [0.2, 0.25) is 0 Å². The Balaban J connectivity index is 1.98. The van der Waals surface area contributed by atoms with Gasteiger partial charge in [0.1, 0.15) is 11.5 Å². The summed E-state index contributed by atoms with van der Waals surface area (Å²) < 4.78 is 86.4. The Labute approximate surface area is 177 Å². The highest BCUT2D eigenvalue weighted by molar-refractivity contribution is 5.92. The Bertz CT molecular complexity index is 1020. The van der Waals surface area contributed by atoms with Gasteiger partial charge in [0.15, 0.2) is 0 Å². The molecule has 32 heavy (non-hydrogen) atoms. The van der Waals surface area contributed by atoms with Crippen molar-refractivity contribution in [1.29, 1.82) is 0 Å². The van der Waals surface area contributed by atoms with Crippen LogP contribution in [-0.2, 0) is 4.74 Å². The molecule has 5 nitrogen and oxygen atoms in total. The minimum absolute atomic E-state index is 0.0822. The van der Waals surface area contributed by atoms with Gasteiger partial charge in [-0.25, -0.2) is 9.78 Å². The Hall–Kier alpha value is -3.76. The number of carbonyl (C=O) groups is 1. The Morgan fingerprint density at radius 1 is 0.719 bits per heavy atom. The Kier molecular flexibility index (Phi) is 6.28. The van der Waals surface area contributed by atoms with E-state index in [1.165, 1.54) is 36.4 Å². The summed E-state index contributed by atoms with van der Waals surface area (Å²) in [5.74, 6) is -1.58. The molecule has 3 aromatic rings. The number of aromatic nitrogens is 1. The first kappa shape index (κ1) is 22.9. The highest BCUT2D eigenvalue weighted by Crippen LogP contribution is 2.30. The van der Waals surface area contributed by atoms with E-state index in [4.69, 9.17) is 4.74 Å². The molecule has 0 amide bonds. The predicted molar refractivity (Wildman–Crippen MR) is 99.8 cm³/mol. The average Bonchev–Trinajstić information content (AvgIpc) is 2.71. The normalized spacial score (nSPS) is 11.7. The molecular weight excluding hydrogens is 444 g/mol. The van der Waals surface area contributed by atoms with Crippen LogP contribution < -0.4 is 9.47 Å². The van der Waals surface area contributed by atoms with E-state index in [9.17, 15) is 31.1 Å². The number of rotatable bonds is 5. The summed E-state index contributed by atoms with van der Waals surface area (Å²) in [4.78, 5) is 16.4.